The SMILES string of the molecule is CCc1noc(CC)c1CNC(=NC)NCc1ccccc1OCCN1CCOCC1. The Hall–Kier alpha value is -2.58. The van der Waals surface area contributed by atoms with E-state index < -0.39 is 0 Å². The molecule has 1 aliphatic heterocycles. The van der Waals surface area contributed by atoms with Crippen molar-refractivity contribution in [1.29, 1.82) is 0 Å². The van der Waals surface area contributed by atoms with Crippen molar-refractivity contribution < 1.29 is 14.0 Å². The van der Waals surface area contributed by atoms with Crippen LogP contribution in [0.25, 0.3) is 0 Å². The first-order chi connectivity index (χ1) is 15.2. The molecule has 1 aromatic heterocycles. The van der Waals surface area contributed by atoms with Gasteiger partial charge in [0.1, 0.15) is 18.1 Å². The smallest absolute Gasteiger partial charge is 0.191 e. The predicted octanol–water partition coefficient (Wildman–Crippen LogP) is 2.38. The number of aromatic nitrogens is 1. The maximum absolute atomic E-state index is 6.08. The minimum absolute atomic E-state index is 0.623. The molecule has 8 heteroatoms. The van der Waals surface area contributed by atoms with Crippen LogP contribution in [-0.4, -0.2) is 62.5 Å². The number of benzene rings is 1. The van der Waals surface area contributed by atoms with Crippen molar-refractivity contribution in [3.8, 4) is 5.75 Å². The molecule has 2 N–H and O–H groups in total. The van der Waals surface area contributed by atoms with Crippen LogP contribution in [0.1, 0.15) is 36.4 Å². The third-order valence-electron chi connectivity index (χ3n) is 5.45. The van der Waals surface area contributed by atoms with Crippen LogP contribution < -0.4 is 15.4 Å². The van der Waals surface area contributed by atoms with Crippen molar-refractivity contribution in [1.82, 2.24) is 20.7 Å². The summed E-state index contributed by atoms with van der Waals surface area (Å²) in [5.74, 6) is 2.56. The van der Waals surface area contributed by atoms with E-state index in [1.807, 2.05) is 18.2 Å². The van der Waals surface area contributed by atoms with Gasteiger partial charge in [0.05, 0.1) is 18.9 Å². The Labute approximate surface area is 185 Å². The molecular weight excluding hydrogens is 394 g/mol. The van der Waals surface area contributed by atoms with Crippen molar-refractivity contribution in [2.24, 2.45) is 4.99 Å². The van der Waals surface area contributed by atoms with Gasteiger partial charge in [0, 0.05) is 57.3 Å². The van der Waals surface area contributed by atoms with Gasteiger partial charge in [-0.05, 0) is 12.5 Å². The van der Waals surface area contributed by atoms with E-state index in [-0.39, 0.29) is 0 Å². The molecule has 3 rings (SSSR count). The van der Waals surface area contributed by atoms with E-state index in [2.05, 4.69) is 45.6 Å². The van der Waals surface area contributed by atoms with Crippen molar-refractivity contribution in [2.75, 3.05) is 46.5 Å². The summed E-state index contributed by atoms with van der Waals surface area (Å²) in [5, 5.41) is 10.9. The molecule has 0 atom stereocenters. The van der Waals surface area contributed by atoms with E-state index >= 15 is 0 Å². The highest BCUT2D eigenvalue weighted by molar-refractivity contribution is 5.79. The van der Waals surface area contributed by atoms with Gasteiger partial charge in [-0.1, -0.05) is 37.2 Å². The van der Waals surface area contributed by atoms with Crippen LogP contribution >= 0.6 is 0 Å². The minimum Gasteiger partial charge on any atom is -0.492 e. The van der Waals surface area contributed by atoms with E-state index in [1.54, 1.807) is 7.05 Å². The lowest BCUT2D eigenvalue weighted by Crippen LogP contribution is -2.38. The Kier molecular flexibility index (Phi) is 9.17. The zero-order valence-electron chi connectivity index (χ0n) is 18.9. The topological polar surface area (TPSA) is 84.2 Å². The molecule has 1 aliphatic rings. The van der Waals surface area contributed by atoms with Gasteiger partial charge in [-0.2, -0.15) is 0 Å². The van der Waals surface area contributed by atoms with Gasteiger partial charge in [0.25, 0.3) is 0 Å². The van der Waals surface area contributed by atoms with Crippen molar-refractivity contribution in [2.45, 2.75) is 39.8 Å². The molecule has 0 radical (unpaired) electrons. The highest BCUT2D eigenvalue weighted by atomic mass is 16.5. The van der Waals surface area contributed by atoms with Crippen LogP contribution in [0, 0.1) is 0 Å². The molecule has 0 unspecified atom stereocenters. The van der Waals surface area contributed by atoms with E-state index in [0.29, 0.717) is 19.7 Å². The third kappa shape index (κ3) is 6.70. The first-order valence-corrected chi connectivity index (χ1v) is 11.2. The number of nitrogens with zero attached hydrogens (tertiary/aromatic N) is 3. The largest absolute Gasteiger partial charge is 0.492 e. The molecule has 170 valence electrons. The molecule has 0 bridgehead atoms. The van der Waals surface area contributed by atoms with Crippen LogP contribution in [0.4, 0.5) is 0 Å². The van der Waals surface area contributed by atoms with Crippen LogP contribution in [0.2, 0.25) is 0 Å². The minimum atomic E-state index is 0.623. The molecule has 8 nitrogen and oxygen atoms in total. The lowest BCUT2D eigenvalue weighted by molar-refractivity contribution is 0.0322. The zero-order valence-corrected chi connectivity index (χ0v) is 18.9. The molecule has 2 heterocycles. The number of hydrogen-bond donors (Lipinski definition) is 2. The molecule has 0 spiro atoms. The van der Waals surface area contributed by atoms with Gasteiger partial charge in [0.15, 0.2) is 5.96 Å². The van der Waals surface area contributed by atoms with Crippen molar-refractivity contribution in [3.63, 3.8) is 0 Å². The van der Waals surface area contributed by atoms with Crippen molar-refractivity contribution >= 4 is 5.96 Å². The van der Waals surface area contributed by atoms with Gasteiger partial charge in [0.2, 0.25) is 0 Å². The molecule has 1 fully saturated rings. The molecule has 0 amide bonds. The number of guanidine groups is 1. The summed E-state index contributed by atoms with van der Waals surface area (Å²) in [6.45, 7) is 10.5. The summed E-state index contributed by atoms with van der Waals surface area (Å²) in [5.41, 5.74) is 3.22. The molecular formula is C23H35N5O3. The number of para-hydroxylation sites is 1. The van der Waals surface area contributed by atoms with Crippen LogP contribution in [0.3, 0.4) is 0 Å². The van der Waals surface area contributed by atoms with Crippen LogP contribution in [0.15, 0.2) is 33.8 Å². The maximum Gasteiger partial charge on any atom is 0.191 e. The lowest BCUT2D eigenvalue weighted by atomic mass is 10.1. The second kappa shape index (κ2) is 12.3. The lowest BCUT2D eigenvalue weighted by Gasteiger charge is -2.26. The second-order valence-corrected chi connectivity index (χ2v) is 7.43. The quantitative estimate of drug-likeness (QED) is 0.443. The van der Waals surface area contributed by atoms with E-state index in [4.69, 9.17) is 14.0 Å². The van der Waals surface area contributed by atoms with Gasteiger partial charge in [-0.15, -0.1) is 0 Å². The summed E-state index contributed by atoms with van der Waals surface area (Å²) < 4.78 is 16.9. The summed E-state index contributed by atoms with van der Waals surface area (Å²) in [6, 6.07) is 8.13. The van der Waals surface area contributed by atoms with Crippen molar-refractivity contribution in [3.05, 3.63) is 46.8 Å². The number of aliphatic imine (C=N–C) groups is 1. The third-order valence-corrected chi connectivity index (χ3v) is 5.45. The highest BCUT2D eigenvalue weighted by Crippen LogP contribution is 2.18. The van der Waals surface area contributed by atoms with E-state index in [0.717, 1.165) is 80.0 Å². The van der Waals surface area contributed by atoms with Gasteiger partial charge < -0.3 is 24.6 Å². The Morgan fingerprint density at radius 1 is 1.13 bits per heavy atom. The summed E-state index contributed by atoms with van der Waals surface area (Å²) in [4.78, 5) is 6.72. The van der Waals surface area contributed by atoms with E-state index in [1.165, 1.54) is 0 Å². The van der Waals surface area contributed by atoms with Gasteiger partial charge >= 0.3 is 0 Å². The van der Waals surface area contributed by atoms with E-state index in [9.17, 15) is 0 Å². The molecule has 1 aromatic carbocycles. The second-order valence-electron chi connectivity index (χ2n) is 7.43. The summed E-state index contributed by atoms with van der Waals surface area (Å²) in [6.07, 6.45) is 1.67. The maximum atomic E-state index is 6.08. The Morgan fingerprint density at radius 3 is 2.65 bits per heavy atom. The monoisotopic (exact) mass is 429 g/mol. The zero-order chi connectivity index (χ0) is 21.9. The number of hydrogen-bond acceptors (Lipinski definition) is 6. The highest BCUT2D eigenvalue weighted by Gasteiger charge is 2.14. The summed E-state index contributed by atoms with van der Waals surface area (Å²) in [7, 11) is 1.77. The molecule has 1 saturated heterocycles. The fourth-order valence-corrected chi connectivity index (χ4v) is 3.61. The molecule has 0 saturated carbocycles. The fraction of sp³-hybridized carbons (Fsp3) is 0.565. The first kappa shape index (κ1) is 23.1. The Bertz CT molecular complexity index is 809. The summed E-state index contributed by atoms with van der Waals surface area (Å²) >= 11 is 0. The van der Waals surface area contributed by atoms with Gasteiger partial charge in [-0.25, -0.2) is 0 Å². The number of ether oxygens (including phenoxy) is 2. The normalized spacial score (nSPS) is 15.1. The average Bonchev–Trinajstić information content (AvgIpc) is 3.22. The number of morpholine rings is 1. The standard InChI is InChI=1S/C23H35N5O3/c1-4-20-19(21(5-2)31-27-20)17-26-23(24-3)25-16-18-8-6-7-9-22(18)30-15-12-28-10-13-29-14-11-28/h6-9H,4-5,10-17H2,1-3H3,(H2,24,25,26). The Morgan fingerprint density at radius 2 is 1.90 bits per heavy atom. The van der Waals surface area contributed by atoms with Crippen LogP contribution in [-0.2, 0) is 30.7 Å². The predicted molar refractivity (Wildman–Crippen MR) is 121 cm³/mol. The Balaban J connectivity index is 1.50. The average molecular weight is 430 g/mol. The fourth-order valence-electron chi connectivity index (χ4n) is 3.61. The first-order valence-electron chi connectivity index (χ1n) is 11.2. The number of aryl methyl sites for hydroxylation is 2. The molecule has 0 aliphatic carbocycles. The van der Waals surface area contributed by atoms with Crippen LogP contribution in [0.5, 0.6) is 5.75 Å². The molecule has 2 aromatic rings. The van der Waals surface area contributed by atoms with Gasteiger partial charge in [-0.3, -0.25) is 9.89 Å². The number of rotatable bonds is 10. The molecule has 31 heavy (non-hydrogen) atoms. The number of nitrogens with one attached hydrogen (secondary N) is 2.